The largest absolute Gasteiger partial charge is 0.323 e. The van der Waals surface area contributed by atoms with Crippen LogP contribution in [0.1, 0.15) is 38.8 Å². The third kappa shape index (κ3) is 4.35. The van der Waals surface area contributed by atoms with Gasteiger partial charge in [-0.3, -0.25) is 0 Å². The van der Waals surface area contributed by atoms with Crippen LogP contribution < -0.4 is 10.6 Å². The Bertz CT molecular complexity index is 622. The summed E-state index contributed by atoms with van der Waals surface area (Å²) in [6.45, 7) is 8.61. The average molecular weight is 296 g/mol. The summed E-state index contributed by atoms with van der Waals surface area (Å²) in [6.07, 6.45) is 0.993. The first-order valence-electron chi connectivity index (χ1n) is 7.66. The maximum Gasteiger partial charge on any atom is 0.323 e. The predicted octanol–water partition coefficient (Wildman–Crippen LogP) is 5.19. The second-order valence-corrected chi connectivity index (χ2v) is 6.46. The number of rotatable bonds is 3. The van der Waals surface area contributed by atoms with E-state index in [0.29, 0.717) is 0 Å². The summed E-state index contributed by atoms with van der Waals surface area (Å²) >= 11 is 0. The van der Waals surface area contributed by atoms with Gasteiger partial charge in [0.25, 0.3) is 0 Å². The third-order valence-corrected chi connectivity index (χ3v) is 3.63. The van der Waals surface area contributed by atoms with Gasteiger partial charge in [0.1, 0.15) is 0 Å². The minimum absolute atomic E-state index is 0.113. The Morgan fingerprint density at radius 3 is 1.73 bits per heavy atom. The number of hydrogen-bond acceptors (Lipinski definition) is 1. The average Bonchev–Trinajstić information content (AvgIpc) is 2.47. The molecule has 0 unspecified atom stereocenters. The van der Waals surface area contributed by atoms with E-state index < -0.39 is 0 Å². The number of aryl methyl sites for hydroxylation is 1. The molecule has 2 aromatic rings. The van der Waals surface area contributed by atoms with Crippen molar-refractivity contribution in [3.8, 4) is 0 Å². The van der Waals surface area contributed by atoms with Crippen molar-refractivity contribution in [1.82, 2.24) is 0 Å². The number of carbonyl (C=O) groups excluding carboxylic acids is 1. The molecule has 0 aliphatic heterocycles. The fourth-order valence-corrected chi connectivity index (χ4v) is 2.17. The molecule has 0 saturated carbocycles. The van der Waals surface area contributed by atoms with Gasteiger partial charge in [-0.15, -0.1) is 0 Å². The second-order valence-electron chi connectivity index (χ2n) is 6.46. The van der Waals surface area contributed by atoms with Gasteiger partial charge >= 0.3 is 6.03 Å². The molecule has 3 heteroatoms. The lowest BCUT2D eigenvalue weighted by Crippen LogP contribution is -2.19. The number of benzene rings is 2. The van der Waals surface area contributed by atoms with Crippen LogP contribution in [0.25, 0.3) is 0 Å². The smallest absolute Gasteiger partial charge is 0.308 e. The molecule has 0 saturated heterocycles. The van der Waals surface area contributed by atoms with Crippen molar-refractivity contribution in [2.75, 3.05) is 10.6 Å². The topological polar surface area (TPSA) is 41.1 Å². The molecule has 0 aromatic heterocycles. The lowest BCUT2D eigenvalue weighted by atomic mass is 9.87. The molecule has 0 atom stereocenters. The SMILES string of the molecule is CCc1ccc(NC(=O)Nc2ccc(C(C)(C)C)cc2)cc1. The molecule has 0 heterocycles. The summed E-state index contributed by atoms with van der Waals surface area (Å²) in [7, 11) is 0. The highest BCUT2D eigenvalue weighted by Crippen LogP contribution is 2.23. The van der Waals surface area contributed by atoms with Gasteiger partial charge < -0.3 is 10.6 Å². The zero-order valence-electron chi connectivity index (χ0n) is 13.7. The Morgan fingerprint density at radius 2 is 1.32 bits per heavy atom. The third-order valence-electron chi connectivity index (χ3n) is 3.63. The molecule has 2 aromatic carbocycles. The van der Waals surface area contributed by atoms with Gasteiger partial charge in [-0.1, -0.05) is 52.0 Å². The highest BCUT2D eigenvalue weighted by molar-refractivity contribution is 5.99. The van der Waals surface area contributed by atoms with Crippen LogP contribution in [0.15, 0.2) is 48.5 Å². The van der Waals surface area contributed by atoms with Gasteiger partial charge in [-0.2, -0.15) is 0 Å². The number of nitrogens with one attached hydrogen (secondary N) is 2. The van der Waals surface area contributed by atoms with Crippen LogP contribution in [-0.4, -0.2) is 6.03 Å². The first-order valence-corrected chi connectivity index (χ1v) is 7.66. The minimum atomic E-state index is -0.229. The second kappa shape index (κ2) is 6.65. The van der Waals surface area contributed by atoms with Gasteiger partial charge in [0, 0.05) is 11.4 Å². The van der Waals surface area contributed by atoms with Gasteiger partial charge in [0.15, 0.2) is 0 Å². The molecule has 0 spiro atoms. The molecule has 0 radical (unpaired) electrons. The summed E-state index contributed by atoms with van der Waals surface area (Å²) in [5.41, 5.74) is 4.19. The summed E-state index contributed by atoms with van der Waals surface area (Å²) in [4.78, 5) is 12.0. The van der Waals surface area contributed by atoms with Gasteiger partial charge in [0.05, 0.1) is 0 Å². The van der Waals surface area contributed by atoms with Crippen LogP contribution in [-0.2, 0) is 11.8 Å². The Balaban J connectivity index is 1.96. The standard InChI is InChI=1S/C19H24N2O/c1-5-14-6-10-16(11-7-14)20-18(22)21-17-12-8-15(9-13-17)19(2,3)4/h6-13H,5H2,1-4H3,(H2,20,21,22). The van der Waals surface area contributed by atoms with Crippen LogP contribution in [0.2, 0.25) is 0 Å². The highest BCUT2D eigenvalue weighted by Gasteiger charge is 2.13. The van der Waals surface area contributed by atoms with E-state index in [1.54, 1.807) is 0 Å². The maximum absolute atomic E-state index is 12.0. The van der Waals surface area contributed by atoms with E-state index in [-0.39, 0.29) is 11.4 Å². The molecular weight excluding hydrogens is 272 g/mol. The summed E-state index contributed by atoms with van der Waals surface area (Å²) in [5.74, 6) is 0. The zero-order valence-corrected chi connectivity index (χ0v) is 13.7. The summed E-state index contributed by atoms with van der Waals surface area (Å²) < 4.78 is 0. The summed E-state index contributed by atoms with van der Waals surface area (Å²) in [5, 5.41) is 5.68. The van der Waals surface area contributed by atoms with Crippen molar-refractivity contribution in [3.05, 3.63) is 59.7 Å². The normalized spacial score (nSPS) is 11.1. The van der Waals surface area contributed by atoms with E-state index in [2.05, 4.69) is 38.3 Å². The van der Waals surface area contributed by atoms with E-state index in [1.807, 2.05) is 48.5 Å². The van der Waals surface area contributed by atoms with Crippen molar-refractivity contribution in [1.29, 1.82) is 0 Å². The molecule has 0 aliphatic rings. The Morgan fingerprint density at radius 1 is 0.864 bits per heavy atom. The maximum atomic E-state index is 12.0. The number of hydrogen-bond donors (Lipinski definition) is 2. The van der Waals surface area contributed by atoms with E-state index in [9.17, 15) is 4.79 Å². The van der Waals surface area contributed by atoms with E-state index in [1.165, 1.54) is 11.1 Å². The Labute approximate surface area is 132 Å². The fraction of sp³-hybridized carbons (Fsp3) is 0.316. The van der Waals surface area contributed by atoms with E-state index in [4.69, 9.17) is 0 Å². The predicted molar refractivity (Wildman–Crippen MR) is 93.6 cm³/mol. The molecule has 0 bridgehead atoms. The molecule has 2 N–H and O–H groups in total. The Kier molecular flexibility index (Phi) is 4.86. The lowest BCUT2D eigenvalue weighted by molar-refractivity contribution is 0.262. The lowest BCUT2D eigenvalue weighted by Gasteiger charge is -2.19. The molecule has 2 rings (SSSR count). The van der Waals surface area contributed by atoms with E-state index in [0.717, 1.165) is 17.8 Å². The van der Waals surface area contributed by atoms with Crippen LogP contribution in [0.4, 0.5) is 16.2 Å². The minimum Gasteiger partial charge on any atom is -0.308 e. The monoisotopic (exact) mass is 296 g/mol. The summed E-state index contributed by atoms with van der Waals surface area (Å²) in [6, 6.07) is 15.6. The fourth-order valence-electron chi connectivity index (χ4n) is 2.17. The zero-order chi connectivity index (χ0) is 16.2. The van der Waals surface area contributed by atoms with Gasteiger partial charge in [-0.25, -0.2) is 4.79 Å². The first kappa shape index (κ1) is 16.1. The molecule has 22 heavy (non-hydrogen) atoms. The Hall–Kier alpha value is -2.29. The van der Waals surface area contributed by atoms with Crippen molar-refractivity contribution < 1.29 is 4.79 Å². The molecule has 0 fully saturated rings. The number of urea groups is 1. The van der Waals surface area contributed by atoms with E-state index >= 15 is 0 Å². The first-order chi connectivity index (χ1) is 10.4. The van der Waals surface area contributed by atoms with Crippen LogP contribution in [0, 0.1) is 0 Å². The molecule has 3 nitrogen and oxygen atoms in total. The van der Waals surface area contributed by atoms with Crippen molar-refractivity contribution in [2.24, 2.45) is 0 Å². The van der Waals surface area contributed by atoms with Crippen LogP contribution in [0.5, 0.6) is 0 Å². The molecule has 116 valence electrons. The highest BCUT2D eigenvalue weighted by atomic mass is 16.2. The van der Waals surface area contributed by atoms with Gasteiger partial charge in [0.2, 0.25) is 0 Å². The quantitative estimate of drug-likeness (QED) is 0.804. The van der Waals surface area contributed by atoms with Crippen LogP contribution in [0.3, 0.4) is 0 Å². The van der Waals surface area contributed by atoms with Crippen molar-refractivity contribution in [3.63, 3.8) is 0 Å². The molecular formula is C19H24N2O. The van der Waals surface area contributed by atoms with Crippen LogP contribution >= 0.6 is 0 Å². The number of anilines is 2. The van der Waals surface area contributed by atoms with Crippen molar-refractivity contribution >= 4 is 17.4 Å². The molecule has 2 amide bonds. The molecule has 0 aliphatic carbocycles. The van der Waals surface area contributed by atoms with Gasteiger partial charge in [-0.05, 0) is 47.2 Å². The number of amides is 2. The number of carbonyl (C=O) groups is 1. The van der Waals surface area contributed by atoms with Crippen molar-refractivity contribution in [2.45, 2.75) is 39.5 Å².